The van der Waals surface area contributed by atoms with Gasteiger partial charge in [0, 0.05) is 18.0 Å². The van der Waals surface area contributed by atoms with Gasteiger partial charge in [-0.3, -0.25) is 4.98 Å². The zero-order valence-corrected chi connectivity index (χ0v) is 11.4. The summed E-state index contributed by atoms with van der Waals surface area (Å²) in [7, 11) is 0. The number of halogens is 4. The van der Waals surface area contributed by atoms with Crippen LogP contribution in [0.25, 0.3) is 0 Å². The summed E-state index contributed by atoms with van der Waals surface area (Å²) in [5.41, 5.74) is -3.04. The average molecular weight is 299 g/mol. The number of aliphatic hydroxyl groups is 1. The Morgan fingerprint density at radius 3 is 2.33 bits per heavy atom. The maximum absolute atomic E-state index is 13.6. The van der Waals surface area contributed by atoms with E-state index in [0.717, 1.165) is 24.5 Å². The molecule has 1 aromatic carbocycles. The van der Waals surface area contributed by atoms with Crippen LogP contribution in [-0.4, -0.2) is 10.1 Å². The molecule has 0 aliphatic heterocycles. The summed E-state index contributed by atoms with van der Waals surface area (Å²) in [4.78, 5) is 3.64. The van der Waals surface area contributed by atoms with Gasteiger partial charge < -0.3 is 5.11 Å². The molecule has 112 valence electrons. The molecule has 1 N–H and O–H groups in total. The van der Waals surface area contributed by atoms with E-state index in [1.165, 1.54) is 26.0 Å². The summed E-state index contributed by atoms with van der Waals surface area (Å²) >= 11 is 0. The first-order valence-electron chi connectivity index (χ1n) is 6.14. The monoisotopic (exact) mass is 299 g/mol. The summed E-state index contributed by atoms with van der Waals surface area (Å²) < 4.78 is 52.7. The molecule has 0 spiro atoms. The second-order valence-corrected chi connectivity index (χ2v) is 4.96. The molecule has 21 heavy (non-hydrogen) atoms. The largest absolute Gasteiger partial charge is 0.416 e. The lowest BCUT2D eigenvalue weighted by Crippen LogP contribution is -2.27. The quantitative estimate of drug-likeness (QED) is 0.856. The smallest absolute Gasteiger partial charge is 0.381 e. The topological polar surface area (TPSA) is 33.1 Å². The average Bonchev–Trinajstić information content (AvgIpc) is 2.41. The van der Waals surface area contributed by atoms with E-state index in [-0.39, 0.29) is 5.56 Å². The highest BCUT2D eigenvalue weighted by molar-refractivity contribution is 5.40. The van der Waals surface area contributed by atoms with Crippen LogP contribution in [0.2, 0.25) is 0 Å². The molecule has 1 atom stereocenters. The molecule has 0 amide bonds. The fraction of sp³-hybridized carbons (Fsp3) is 0.267. The highest BCUT2D eigenvalue weighted by Gasteiger charge is 2.39. The minimum atomic E-state index is -4.63. The van der Waals surface area contributed by atoms with E-state index in [4.69, 9.17) is 0 Å². The van der Waals surface area contributed by atoms with Gasteiger partial charge in [0.25, 0.3) is 0 Å². The highest BCUT2D eigenvalue weighted by atomic mass is 19.4. The Balaban J connectivity index is 2.61. The van der Waals surface area contributed by atoms with Crippen LogP contribution in [0.1, 0.15) is 29.2 Å². The van der Waals surface area contributed by atoms with Gasteiger partial charge in [-0.2, -0.15) is 13.2 Å². The summed E-state index contributed by atoms with van der Waals surface area (Å²) in [5.74, 6) is -0.592. The highest BCUT2D eigenvalue weighted by Crippen LogP contribution is 2.39. The maximum Gasteiger partial charge on any atom is 0.416 e. The minimum Gasteiger partial charge on any atom is -0.381 e. The van der Waals surface area contributed by atoms with Crippen molar-refractivity contribution in [3.8, 4) is 0 Å². The van der Waals surface area contributed by atoms with Crippen molar-refractivity contribution >= 4 is 0 Å². The van der Waals surface area contributed by atoms with Crippen LogP contribution in [0.15, 0.2) is 36.7 Å². The molecule has 0 radical (unpaired) electrons. The molecule has 0 saturated heterocycles. The number of hydrogen-bond acceptors (Lipinski definition) is 2. The van der Waals surface area contributed by atoms with Crippen molar-refractivity contribution in [3.05, 3.63) is 64.7 Å². The summed E-state index contributed by atoms with van der Waals surface area (Å²) in [5, 5.41) is 10.5. The van der Waals surface area contributed by atoms with E-state index in [9.17, 15) is 22.7 Å². The Kier molecular flexibility index (Phi) is 3.76. The normalized spacial score (nSPS) is 14.8. The predicted molar refractivity (Wildman–Crippen MR) is 69.0 cm³/mol. The molecular formula is C15H13F4NO. The second kappa shape index (κ2) is 5.11. The van der Waals surface area contributed by atoms with Gasteiger partial charge in [0.1, 0.15) is 11.4 Å². The third-order valence-electron chi connectivity index (χ3n) is 3.38. The standard InChI is InChI=1S/C15H13F4NO/c1-9-3-4-10(7-13(9)16)14(2,21)12-8-20-6-5-11(12)15(17,18)19/h3-8,21H,1-2H3. The van der Waals surface area contributed by atoms with Crippen molar-refractivity contribution in [2.24, 2.45) is 0 Å². The van der Waals surface area contributed by atoms with Crippen molar-refractivity contribution in [2.45, 2.75) is 25.6 Å². The molecule has 0 fully saturated rings. The van der Waals surface area contributed by atoms with Gasteiger partial charge >= 0.3 is 6.18 Å². The van der Waals surface area contributed by atoms with Gasteiger partial charge in [0.2, 0.25) is 0 Å². The molecule has 6 heteroatoms. The number of pyridine rings is 1. The third kappa shape index (κ3) is 2.90. The number of nitrogens with zero attached hydrogens (tertiary/aromatic N) is 1. The Morgan fingerprint density at radius 2 is 1.76 bits per heavy atom. The molecular weight excluding hydrogens is 286 g/mol. The summed E-state index contributed by atoms with van der Waals surface area (Å²) in [6.07, 6.45) is -2.69. The molecule has 1 heterocycles. The number of aryl methyl sites for hydroxylation is 1. The zero-order valence-electron chi connectivity index (χ0n) is 11.4. The third-order valence-corrected chi connectivity index (χ3v) is 3.38. The number of hydrogen-bond donors (Lipinski definition) is 1. The fourth-order valence-electron chi connectivity index (χ4n) is 2.08. The maximum atomic E-state index is 13.6. The van der Waals surface area contributed by atoms with Crippen molar-refractivity contribution in [2.75, 3.05) is 0 Å². The Labute approximate surface area is 119 Å². The van der Waals surface area contributed by atoms with Gasteiger partial charge in [-0.05, 0) is 37.1 Å². The van der Waals surface area contributed by atoms with Crippen LogP contribution < -0.4 is 0 Å². The van der Waals surface area contributed by atoms with Crippen LogP contribution in [0.4, 0.5) is 17.6 Å². The predicted octanol–water partition coefficient (Wildman–Crippen LogP) is 3.80. The van der Waals surface area contributed by atoms with Crippen molar-refractivity contribution < 1.29 is 22.7 Å². The van der Waals surface area contributed by atoms with E-state index in [1.807, 2.05) is 0 Å². The van der Waals surface area contributed by atoms with Crippen LogP contribution in [-0.2, 0) is 11.8 Å². The number of rotatable bonds is 2. The van der Waals surface area contributed by atoms with E-state index < -0.39 is 28.7 Å². The van der Waals surface area contributed by atoms with Crippen molar-refractivity contribution in [1.82, 2.24) is 4.98 Å². The summed E-state index contributed by atoms with van der Waals surface area (Å²) in [6.45, 7) is 2.71. The number of aromatic nitrogens is 1. The first kappa shape index (κ1) is 15.4. The number of benzene rings is 1. The summed E-state index contributed by atoms with van der Waals surface area (Å²) in [6, 6.07) is 4.62. The van der Waals surface area contributed by atoms with Gasteiger partial charge in [-0.1, -0.05) is 12.1 Å². The van der Waals surface area contributed by atoms with Crippen molar-refractivity contribution in [1.29, 1.82) is 0 Å². The van der Waals surface area contributed by atoms with Gasteiger partial charge in [-0.15, -0.1) is 0 Å². The molecule has 2 rings (SSSR count). The Bertz CT molecular complexity index is 665. The van der Waals surface area contributed by atoms with Gasteiger partial charge in [-0.25, -0.2) is 4.39 Å². The lowest BCUT2D eigenvalue weighted by Gasteiger charge is -2.27. The zero-order chi connectivity index (χ0) is 15.8. The molecule has 2 nitrogen and oxygen atoms in total. The first-order chi connectivity index (χ1) is 9.64. The van der Waals surface area contributed by atoms with Crippen LogP contribution in [0, 0.1) is 12.7 Å². The Morgan fingerprint density at radius 1 is 1.10 bits per heavy atom. The molecule has 1 unspecified atom stereocenters. The van der Waals surface area contributed by atoms with Crippen LogP contribution in [0.5, 0.6) is 0 Å². The molecule has 0 saturated carbocycles. The Hall–Kier alpha value is -1.95. The lowest BCUT2D eigenvalue weighted by atomic mass is 9.86. The lowest BCUT2D eigenvalue weighted by molar-refractivity contribution is -0.140. The molecule has 0 aliphatic carbocycles. The van der Waals surface area contributed by atoms with Gasteiger partial charge in [0.05, 0.1) is 5.56 Å². The van der Waals surface area contributed by atoms with E-state index in [2.05, 4.69) is 4.98 Å². The minimum absolute atomic E-state index is 0.0316. The van der Waals surface area contributed by atoms with E-state index >= 15 is 0 Å². The fourth-order valence-corrected chi connectivity index (χ4v) is 2.08. The van der Waals surface area contributed by atoms with Crippen LogP contribution in [0.3, 0.4) is 0 Å². The van der Waals surface area contributed by atoms with Gasteiger partial charge in [0.15, 0.2) is 0 Å². The van der Waals surface area contributed by atoms with Crippen molar-refractivity contribution in [3.63, 3.8) is 0 Å². The van der Waals surface area contributed by atoms with E-state index in [0.29, 0.717) is 5.56 Å². The second-order valence-electron chi connectivity index (χ2n) is 4.96. The SMILES string of the molecule is Cc1ccc(C(C)(O)c2cnccc2C(F)(F)F)cc1F. The first-order valence-corrected chi connectivity index (χ1v) is 6.14. The molecule has 0 bridgehead atoms. The number of alkyl halides is 3. The van der Waals surface area contributed by atoms with Crippen LogP contribution >= 0.6 is 0 Å². The molecule has 1 aromatic heterocycles. The molecule has 2 aromatic rings. The van der Waals surface area contributed by atoms with E-state index in [1.54, 1.807) is 0 Å². The molecule has 0 aliphatic rings.